The van der Waals surface area contributed by atoms with Gasteiger partial charge in [-0.05, 0) is 23.5 Å². The van der Waals surface area contributed by atoms with Gasteiger partial charge in [0.2, 0.25) is 0 Å². The zero-order valence-corrected chi connectivity index (χ0v) is 9.10. The molecule has 1 aliphatic carbocycles. The van der Waals surface area contributed by atoms with Gasteiger partial charge < -0.3 is 5.73 Å². The standard InChI is InChI=1S/C11H13F3N2/c1-9(2)6-10(9,15)7-3-4-8(16-5-7)11(12,13)14/h3-5H,6,15H2,1-2H3. The van der Waals surface area contributed by atoms with E-state index in [1.54, 1.807) is 0 Å². The van der Waals surface area contributed by atoms with Crippen LogP contribution in [-0.2, 0) is 11.7 Å². The molecule has 0 amide bonds. The van der Waals surface area contributed by atoms with E-state index >= 15 is 0 Å². The fraction of sp³-hybridized carbons (Fsp3) is 0.545. The molecule has 0 aliphatic heterocycles. The van der Waals surface area contributed by atoms with Gasteiger partial charge in [-0.3, -0.25) is 4.98 Å². The zero-order valence-electron chi connectivity index (χ0n) is 9.10. The maximum absolute atomic E-state index is 12.3. The summed E-state index contributed by atoms with van der Waals surface area (Å²) in [5, 5.41) is 0. The third-order valence-corrected chi connectivity index (χ3v) is 3.37. The lowest BCUT2D eigenvalue weighted by molar-refractivity contribution is -0.141. The molecule has 2 rings (SSSR count). The van der Waals surface area contributed by atoms with E-state index in [1.165, 1.54) is 12.3 Å². The second kappa shape index (κ2) is 2.97. The Balaban J connectivity index is 2.28. The first-order valence-corrected chi connectivity index (χ1v) is 4.99. The van der Waals surface area contributed by atoms with Gasteiger partial charge in [0.15, 0.2) is 0 Å². The fourth-order valence-corrected chi connectivity index (χ4v) is 1.97. The minimum absolute atomic E-state index is 0.0611. The van der Waals surface area contributed by atoms with Gasteiger partial charge in [-0.15, -0.1) is 0 Å². The first kappa shape index (κ1) is 11.4. The first-order chi connectivity index (χ1) is 7.17. The van der Waals surface area contributed by atoms with Gasteiger partial charge in [0.1, 0.15) is 5.69 Å². The molecule has 2 nitrogen and oxygen atoms in total. The second-order valence-electron chi connectivity index (χ2n) is 4.96. The summed E-state index contributed by atoms with van der Waals surface area (Å²) in [4.78, 5) is 3.42. The second-order valence-corrected chi connectivity index (χ2v) is 4.96. The van der Waals surface area contributed by atoms with Crippen molar-refractivity contribution in [3.63, 3.8) is 0 Å². The Morgan fingerprint density at radius 1 is 1.31 bits per heavy atom. The summed E-state index contributed by atoms with van der Waals surface area (Å²) in [6.45, 7) is 3.98. The van der Waals surface area contributed by atoms with E-state index < -0.39 is 17.4 Å². The molecule has 16 heavy (non-hydrogen) atoms. The van der Waals surface area contributed by atoms with Gasteiger partial charge in [-0.25, -0.2) is 0 Å². The van der Waals surface area contributed by atoms with E-state index in [4.69, 9.17) is 5.73 Å². The largest absolute Gasteiger partial charge is 0.433 e. The molecule has 5 heteroatoms. The van der Waals surface area contributed by atoms with Crippen LogP contribution in [0.2, 0.25) is 0 Å². The third-order valence-electron chi connectivity index (χ3n) is 3.37. The average molecular weight is 230 g/mol. The molecule has 1 fully saturated rings. The summed E-state index contributed by atoms with van der Waals surface area (Å²) in [7, 11) is 0. The van der Waals surface area contributed by atoms with Crippen LogP contribution in [0.15, 0.2) is 18.3 Å². The monoisotopic (exact) mass is 230 g/mol. The van der Waals surface area contributed by atoms with E-state index in [0.29, 0.717) is 5.56 Å². The van der Waals surface area contributed by atoms with E-state index in [0.717, 1.165) is 12.5 Å². The maximum atomic E-state index is 12.3. The van der Waals surface area contributed by atoms with Gasteiger partial charge in [-0.1, -0.05) is 19.9 Å². The number of rotatable bonds is 1. The molecule has 1 heterocycles. The molecule has 0 radical (unpaired) electrons. The average Bonchev–Trinajstić information content (AvgIpc) is 2.66. The minimum atomic E-state index is -4.39. The number of alkyl halides is 3. The molecule has 2 N–H and O–H groups in total. The van der Waals surface area contributed by atoms with Gasteiger partial charge in [0.05, 0.1) is 0 Å². The van der Waals surface area contributed by atoms with Crippen molar-refractivity contribution in [3.8, 4) is 0 Å². The number of halogens is 3. The van der Waals surface area contributed by atoms with Crippen LogP contribution < -0.4 is 5.73 Å². The van der Waals surface area contributed by atoms with Crippen LogP contribution >= 0.6 is 0 Å². The molecular weight excluding hydrogens is 217 g/mol. The number of hydrogen-bond donors (Lipinski definition) is 1. The first-order valence-electron chi connectivity index (χ1n) is 4.99. The highest BCUT2D eigenvalue weighted by Crippen LogP contribution is 2.60. The Labute approximate surface area is 91.7 Å². The molecule has 0 spiro atoms. The van der Waals surface area contributed by atoms with Crippen molar-refractivity contribution in [2.24, 2.45) is 11.1 Å². The van der Waals surface area contributed by atoms with E-state index in [-0.39, 0.29) is 5.41 Å². The normalized spacial score (nSPS) is 27.9. The third kappa shape index (κ3) is 1.59. The Hall–Kier alpha value is -1.10. The van der Waals surface area contributed by atoms with Crippen LogP contribution in [-0.4, -0.2) is 4.98 Å². The van der Waals surface area contributed by atoms with Crippen molar-refractivity contribution in [2.75, 3.05) is 0 Å². The van der Waals surface area contributed by atoms with Crippen molar-refractivity contribution < 1.29 is 13.2 Å². The summed E-state index contributed by atoms with van der Waals surface area (Å²) in [6, 6.07) is 2.41. The molecule has 0 saturated heterocycles. The van der Waals surface area contributed by atoms with Gasteiger partial charge in [0, 0.05) is 11.7 Å². The van der Waals surface area contributed by atoms with Crippen molar-refractivity contribution in [1.82, 2.24) is 4.98 Å². The van der Waals surface area contributed by atoms with Crippen molar-refractivity contribution in [2.45, 2.75) is 32.0 Å². The predicted molar refractivity (Wildman–Crippen MR) is 53.5 cm³/mol. The number of aromatic nitrogens is 1. The summed E-state index contributed by atoms with van der Waals surface area (Å²) < 4.78 is 36.9. The van der Waals surface area contributed by atoms with Gasteiger partial charge >= 0.3 is 6.18 Å². The summed E-state index contributed by atoms with van der Waals surface area (Å²) >= 11 is 0. The molecule has 1 saturated carbocycles. The Morgan fingerprint density at radius 2 is 1.88 bits per heavy atom. The van der Waals surface area contributed by atoms with Crippen LogP contribution in [0, 0.1) is 5.41 Å². The van der Waals surface area contributed by atoms with Gasteiger partial charge in [-0.2, -0.15) is 13.2 Å². The summed E-state index contributed by atoms with van der Waals surface area (Å²) in [5.74, 6) is 0. The lowest BCUT2D eigenvalue weighted by Gasteiger charge is -2.15. The fourth-order valence-electron chi connectivity index (χ4n) is 1.97. The Bertz CT molecular complexity index is 408. The van der Waals surface area contributed by atoms with E-state index in [1.807, 2.05) is 13.8 Å². The Kier molecular flexibility index (Phi) is 2.11. The minimum Gasteiger partial charge on any atom is -0.321 e. The molecule has 1 aromatic heterocycles. The maximum Gasteiger partial charge on any atom is 0.433 e. The lowest BCUT2D eigenvalue weighted by atomic mass is 9.98. The number of pyridine rings is 1. The van der Waals surface area contributed by atoms with Crippen LogP contribution in [0.4, 0.5) is 13.2 Å². The molecular formula is C11H13F3N2. The van der Waals surface area contributed by atoms with Crippen molar-refractivity contribution >= 4 is 0 Å². The number of nitrogens with two attached hydrogens (primary N) is 1. The molecule has 1 unspecified atom stereocenters. The van der Waals surface area contributed by atoms with Crippen LogP contribution in [0.3, 0.4) is 0 Å². The summed E-state index contributed by atoms with van der Waals surface area (Å²) in [6.07, 6.45) is -2.38. The molecule has 0 bridgehead atoms. The predicted octanol–water partition coefficient (Wildman–Crippen LogP) is 2.68. The Morgan fingerprint density at radius 3 is 2.19 bits per heavy atom. The summed E-state index contributed by atoms with van der Waals surface area (Å²) in [5.41, 5.74) is 5.29. The number of hydrogen-bond acceptors (Lipinski definition) is 2. The van der Waals surface area contributed by atoms with Gasteiger partial charge in [0.25, 0.3) is 0 Å². The molecule has 1 aliphatic rings. The van der Waals surface area contributed by atoms with E-state index in [2.05, 4.69) is 4.98 Å². The highest BCUT2D eigenvalue weighted by molar-refractivity contribution is 5.34. The molecule has 88 valence electrons. The van der Waals surface area contributed by atoms with Crippen LogP contribution in [0.1, 0.15) is 31.5 Å². The zero-order chi connectivity index (χ0) is 12.2. The highest BCUT2D eigenvalue weighted by atomic mass is 19.4. The highest BCUT2D eigenvalue weighted by Gasteiger charge is 2.59. The lowest BCUT2D eigenvalue weighted by Crippen LogP contribution is -2.26. The van der Waals surface area contributed by atoms with Crippen molar-refractivity contribution in [3.05, 3.63) is 29.6 Å². The molecule has 1 atom stereocenters. The topological polar surface area (TPSA) is 38.9 Å². The molecule has 0 aromatic carbocycles. The van der Waals surface area contributed by atoms with Crippen LogP contribution in [0.5, 0.6) is 0 Å². The van der Waals surface area contributed by atoms with Crippen molar-refractivity contribution in [1.29, 1.82) is 0 Å². The quantitative estimate of drug-likeness (QED) is 0.805. The SMILES string of the molecule is CC1(C)CC1(N)c1ccc(C(F)(F)F)nc1. The smallest absolute Gasteiger partial charge is 0.321 e. The molecule has 1 aromatic rings. The van der Waals surface area contributed by atoms with Crippen LogP contribution in [0.25, 0.3) is 0 Å². The van der Waals surface area contributed by atoms with E-state index in [9.17, 15) is 13.2 Å². The number of nitrogens with zero attached hydrogens (tertiary/aromatic N) is 1.